The highest BCUT2D eigenvalue weighted by Crippen LogP contribution is 2.27. The normalized spacial score (nSPS) is 14.7. The van der Waals surface area contributed by atoms with Crippen molar-refractivity contribution in [3.8, 4) is 0 Å². The van der Waals surface area contributed by atoms with Crippen LogP contribution in [0.1, 0.15) is 28.6 Å². The molecule has 0 fully saturated rings. The van der Waals surface area contributed by atoms with Gasteiger partial charge in [-0.3, -0.25) is 4.21 Å². The van der Waals surface area contributed by atoms with Crippen LogP contribution in [0.15, 0.2) is 10.3 Å². The average molecular weight is 353 g/mol. The van der Waals surface area contributed by atoms with Crippen LogP contribution >= 0.6 is 11.3 Å². The highest BCUT2D eigenvalue weighted by Gasteiger charge is 2.27. The van der Waals surface area contributed by atoms with Crippen molar-refractivity contribution in [2.24, 2.45) is 0 Å². The number of carbonyl (C=O) groups excluding carboxylic acids is 1. The molecule has 0 saturated heterocycles. The average Bonchev–Trinajstić information content (AvgIpc) is 2.80. The van der Waals surface area contributed by atoms with Gasteiger partial charge < -0.3 is 4.74 Å². The summed E-state index contributed by atoms with van der Waals surface area (Å²) in [5, 5.41) is 1.50. The van der Waals surface area contributed by atoms with Gasteiger partial charge in [-0.2, -0.15) is 0 Å². The van der Waals surface area contributed by atoms with E-state index in [1.165, 1.54) is 7.11 Å². The Labute approximate surface area is 131 Å². The molecule has 0 spiro atoms. The first-order valence-corrected chi connectivity index (χ1v) is 10.2. The summed E-state index contributed by atoms with van der Waals surface area (Å²) in [7, 11) is -3.59. The van der Waals surface area contributed by atoms with Gasteiger partial charge >= 0.3 is 5.97 Å². The molecular formula is C12H19NO5S3. The number of hydrogen-bond donors (Lipinski definition) is 1. The highest BCUT2D eigenvalue weighted by atomic mass is 32.2. The molecule has 21 heavy (non-hydrogen) atoms. The second-order valence-electron chi connectivity index (χ2n) is 4.56. The van der Waals surface area contributed by atoms with Gasteiger partial charge in [0.2, 0.25) is 10.0 Å². The molecule has 1 aromatic rings. The zero-order valence-corrected chi connectivity index (χ0v) is 14.8. The lowest BCUT2D eigenvalue weighted by molar-refractivity contribution is 0.0602. The summed E-state index contributed by atoms with van der Waals surface area (Å²) in [5.41, 5.74) is 0.500. The standard InChI is InChI=1S/C12H19NO5S3/c1-8-7-19-10(12(14)18-3)11(8)21(16,17)13-6-5-9(2)20(4)15/h7,9,13H,5-6H2,1-4H3. The van der Waals surface area contributed by atoms with Crippen molar-refractivity contribution in [3.63, 3.8) is 0 Å². The lowest BCUT2D eigenvalue weighted by atomic mass is 10.3. The second-order valence-corrected chi connectivity index (χ2v) is 8.95. The van der Waals surface area contributed by atoms with Crippen LogP contribution in [0.5, 0.6) is 0 Å². The molecule has 1 aromatic heterocycles. The third-order valence-corrected chi connectivity index (χ3v) is 7.19. The quantitative estimate of drug-likeness (QED) is 0.746. The summed E-state index contributed by atoms with van der Waals surface area (Å²) in [6, 6.07) is 0. The van der Waals surface area contributed by atoms with Gasteiger partial charge in [0.15, 0.2) is 0 Å². The Balaban J connectivity index is 2.91. The molecule has 0 saturated carbocycles. The Bertz CT molecular complexity index is 635. The van der Waals surface area contributed by atoms with Crippen LogP contribution in [0.3, 0.4) is 0 Å². The number of aryl methyl sites for hydroxylation is 1. The SMILES string of the molecule is COC(=O)c1scc(C)c1S(=O)(=O)NCCC(C)S(C)=O. The number of rotatable bonds is 7. The van der Waals surface area contributed by atoms with E-state index in [1.807, 2.05) is 0 Å². The monoisotopic (exact) mass is 353 g/mol. The van der Waals surface area contributed by atoms with Crippen molar-refractivity contribution in [2.75, 3.05) is 19.9 Å². The predicted octanol–water partition coefficient (Wildman–Crippen LogP) is 1.28. The molecule has 0 bridgehead atoms. The molecule has 0 amide bonds. The summed E-state index contributed by atoms with van der Waals surface area (Å²) in [6.07, 6.45) is 2.04. The third kappa shape index (κ3) is 4.60. The lowest BCUT2D eigenvalue weighted by Crippen LogP contribution is -2.29. The first-order chi connectivity index (χ1) is 9.70. The van der Waals surface area contributed by atoms with E-state index in [0.29, 0.717) is 12.0 Å². The first-order valence-electron chi connectivity index (χ1n) is 6.19. The van der Waals surface area contributed by atoms with Gasteiger partial charge in [0.25, 0.3) is 0 Å². The Hall–Kier alpha value is -0.770. The summed E-state index contributed by atoms with van der Waals surface area (Å²) in [4.78, 5) is 11.6. The minimum absolute atomic E-state index is 0.0374. The Morgan fingerprint density at radius 1 is 1.52 bits per heavy atom. The summed E-state index contributed by atoms with van der Waals surface area (Å²) in [6.45, 7) is 3.58. The Morgan fingerprint density at radius 2 is 2.14 bits per heavy atom. The van der Waals surface area contributed by atoms with Crippen molar-refractivity contribution in [1.29, 1.82) is 0 Å². The zero-order valence-electron chi connectivity index (χ0n) is 12.3. The number of ether oxygens (including phenoxy) is 1. The van der Waals surface area contributed by atoms with E-state index in [1.54, 1.807) is 25.5 Å². The molecule has 0 aliphatic carbocycles. The fourth-order valence-corrected chi connectivity index (χ4v) is 4.83. The molecule has 2 atom stereocenters. The maximum Gasteiger partial charge on any atom is 0.349 e. The number of sulfonamides is 1. The summed E-state index contributed by atoms with van der Waals surface area (Å²) < 4.78 is 42.9. The van der Waals surface area contributed by atoms with Crippen molar-refractivity contribution in [2.45, 2.75) is 30.4 Å². The van der Waals surface area contributed by atoms with E-state index in [-0.39, 0.29) is 21.6 Å². The molecule has 1 rings (SSSR count). The molecule has 1 heterocycles. The Morgan fingerprint density at radius 3 is 2.67 bits per heavy atom. The number of thiophene rings is 1. The number of hydrogen-bond acceptors (Lipinski definition) is 6. The van der Waals surface area contributed by atoms with Crippen LogP contribution in [-0.4, -0.2) is 43.8 Å². The fraction of sp³-hybridized carbons (Fsp3) is 0.583. The molecular weight excluding hydrogens is 334 g/mol. The maximum absolute atomic E-state index is 12.3. The first kappa shape index (κ1) is 18.3. The van der Waals surface area contributed by atoms with Crippen molar-refractivity contribution >= 4 is 38.1 Å². The van der Waals surface area contributed by atoms with Crippen LogP contribution < -0.4 is 4.72 Å². The van der Waals surface area contributed by atoms with Crippen molar-refractivity contribution < 1.29 is 22.2 Å². The van der Waals surface area contributed by atoms with E-state index >= 15 is 0 Å². The smallest absolute Gasteiger partial charge is 0.349 e. The minimum Gasteiger partial charge on any atom is -0.465 e. The van der Waals surface area contributed by atoms with E-state index in [4.69, 9.17) is 0 Å². The molecule has 1 N–H and O–H groups in total. The van der Waals surface area contributed by atoms with Gasteiger partial charge in [-0.05, 0) is 24.3 Å². The van der Waals surface area contributed by atoms with Crippen LogP contribution in [0.25, 0.3) is 0 Å². The molecule has 0 aromatic carbocycles. The predicted molar refractivity (Wildman–Crippen MR) is 83.7 cm³/mol. The van der Waals surface area contributed by atoms with Gasteiger partial charge in [-0.1, -0.05) is 6.92 Å². The van der Waals surface area contributed by atoms with Gasteiger partial charge in [-0.25, -0.2) is 17.9 Å². The van der Waals surface area contributed by atoms with Gasteiger partial charge in [0.1, 0.15) is 9.77 Å². The van der Waals surface area contributed by atoms with Crippen LogP contribution in [0.2, 0.25) is 0 Å². The van der Waals surface area contributed by atoms with E-state index in [0.717, 1.165) is 11.3 Å². The largest absolute Gasteiger partial charge is 0.465 e. The van der Waals surface area contributed by atoms with Crippen LogP contribution in [0, 0.1) is 6.92 Å². The third-order valence-electron chi connectivity index (χ3n) is 2.97. The molecule has 0 aliphatic rings. The number of methoxy groups -OCH3 is 1. The lowest BCUT2D eigenvalue weighted by Gasteiger charge is -2.11. The fourth-order valence-electron chi connectivity index (χ4n) is 1.64. The molecule has 6 nitrogen and oxygen atoms in total. The van der Waals surface area contributed by atoms with E-state index in [2.05, 4.69) is 9.46 Å². The molecule has 0 radical (unpaired) electrons. The van der Waals surface area contributed by atoms with Crippen molar-refractivity contribution in [3.05, 3.63) is 15.8 Å². The molecule has 120 valence electrons. The number of carbonyl (C=O) groups is 1. The molecule has 9 heteroatoms. The summed E-state index contributed by atoms with van der Waals surface area (Å²) >= 11 is 1.04. The van der Waals surface area contributed by atoms with Gasteiger partial charge in [-0.15, -0.1) is 11.3 Å². The van der Waals surface area contributed by atoms with Crippen LogP contribution in [0.4, 0.5) is 0 Å². The highest BCUT2D eigenvalue weighted by molar-refractivity contribution is 7.89. The zero-order chi connectivity index (χ0) is 16.2. The van der Waals surface area contributed by atoms with Crippen LogP contribution in [-0.2, 0) is 25.6 Å². The number of nitrogens with one attached hydrogen (secondary N) is 1. The van der Waals surface area contributed by atoms with Gasteiger partial charge in [0, 0.05) is 28.9 Å². The van der Waals surface area contributed by atoms with Gasteiger partial charge in [0.05, 0.1) is 7.11 Å². The topological polar surface area (TPSA) is 89.5 Å². The second kappa shape index (κ2) is 7.48. The maximum atomic E-state index is 12.3. The van der Waals surface area contributed by atoms with E-state index < -0.39 is 26.8 Å². The molecule has 0 aliphatic heterocycles. The van der Waals surface area contributed by atoms with E-state index in [9.17, 15) is 17.4 Å². The number of esters is 1. The van der Waals surface area contributed by atoms with Crippen molar-refractivity contribution in [1.82, 2.24) is 4.72 Å². The summed E-state index contributed by atoms with van der Waals surface area (Å²) in [5.74, 6) is -0.670. The molecule has 2 unspecified atom stereocenters. The minimum atomic E-state index is -3.79. The Kier molecular flexibility index (Phi) is 6.51.